The fourth-order valence-electron chi connectivity index (χ4n) is 5.26. The topological polar surface area (TPSA) is 74.6 Å². The van der Waals surface area contributed by atoms with E-state index in [4.69, 9.17) is 10.2 Å². The summed E-state index contributed by atoms with van der Waals surface area (Å²) in [6.45, 7) is 2.29. The van der Waals surface area contributed by atoms with Crippen LogP contribution in [0.25, 0.3) is 0 Å². The van der Waals surface area contributed by atoms with Gasteiger partial charge in [-0.2, -0.15) is 0 Å². The van der Waals surface area contributed by atoms with E-state index in [0.717, 1.165) is 12.8 Å². The smallest absolute Gasteiger partial charge is 0.310 e. The Labute approximate surface area is 236 Å². The molecule has 0 aliphatic carbocycles. The molecule has 0 heterocycles. The van der Waals surface area contributed by atoms with Crippen molar-refractivity contribution in [2.75, 3.05) is 0 Å². The largest absolute Gasteiger partial charge is 0.481 e. The monoisotopic (exact) mass is 536 g/mol. The molecule has 0 saturated carbocycles. The average Bonchev–Trinajstić information content (AvgIpc) is 2.89. The molecule has 38 heavy (non-hydrogen) atoms. The quantitative estimate of drug-likeness (QED) is 0.0682. The molecule has 0 fully saturated rings. The first-order chi connectivity index (χ1) is 18.6. The van der Waals surface area contributed by atoms with Gasteiger partial charge in [0.2, 0.25) is 0 Å². The molecule has 0 aromatic heterocycles. The lowest BCUT2D eigenvalue weighted by Gasteiger charge is -2.04. The van der Waals surface area contributed by atoms with Crippen molar-refractivity contribution in [3.63, 3.8) is 0 Å². The number of allylic oxidation sites excluding steroid dienone is 1. The van der Waals surface area contributed by atoms with Crippen LogP contribution in [-0.4, -0.2) is 22.2 Å². The van der Waals surface area contributed by atoms with Crippen LogP contribution in [0.5, 0.6) is 0 Å². The lowest BCUT2D eigenvalue weighted by Crippen LogP contribution is -2.15. The third-order valence-electron chi connectivity index (χ3n) is 7.80. The standard InChI is InChI=1S/C34H64O4/c1-2-3-4-5-6-7-8-9-10-11-12-13-14-15-16-17-18-19-20-21-22-23-24-25-26-27-28-29-30-32(34(37)38)31-33(35)36/h29-30,32H,2-28,31H2,1H3,(H,35,36)(H,37,38). The number of hydrogen-bond acceptors (Lipinski definition) is 2. The Balaban J connectivity index is 3.20. The Morgan fingerprint density at radius 3 is 1.05 bits per heavy atom. The maximum atomic E-state index is 11.0. The van der Waals surface area contributed by atoms with E-state index in [1.807, 2.05) is 6.08 Å². The fraction of sp³-hybridized carbons (Fsp3) is 0.882. The molecular weight excluding hydrogens is 472 g/mol. The molecule has 224 valence electrons. The number of unbranched alkanes of at least 4 members (excludes halogenated alkanes) is 26. The summed E-state index contributed by atoms with van der Waals surface area (Å²) in [6.07, 6.45) is 40.0. The van der Waals surface area contributed by atoms with Crippen molar-refractivity contribution in [3.05, 3.63) is 12.2 Å². The Morgan fingerprint density at radius 1 is 0.500 bits per heavy atom. The summed E-state index contributed by atoms with van der Waals surface area (Å²) >= 11 is 0. The zero-order valence-corrected chi connectivity index (χ0v) is 25.2. The molecule has 0 aromatic carbocycles. The van der Waals surface area contributed by atoms with Crippen molar-refractivity contribution in [2.45, 2.75) is 187 Å². The van der Waals surface area contributed by atoms with E-state index in [-0.39, 0.29) is 6.42 Å². The first-order valence-corrected chi connectivity index (χ1v) is 16.7. The molecular formula is C34H64O4. The molecule has 0 rings (SSSR count). The average molecular weight is 537 g/mol. The van der Waals surface area contributed by atoms with Gasteiger partial charge in [0.15, 0.2) is 0 Å². The molecule has 0 bridgehead atoms. The lowest BCUT2D eigenvalue weighted by molar-refractivity contribution is -0.146. The van der Waals surface area contributed by atoms with Gasteiger partial charge in [0.1, 0.15) is 0 Å². The Hall–Kier alpha value is -1.32. The summed E-state index contributed by atoms with van der Waals surface area (Å²) in [6, 6.07) is 0. The second-order valence-electron chi connectivity index (χ2n) is 11.6. The first kappa shape index (κ1) is 36.7. The minimum atomic E-state index is -1.07. The van der Waals surface area contributed by atoms with Crippen molar-refractivity contribution in [1.29, 1.82) is 0 Å². The molecule has 1 atom stereocenters. The van der Waals surface area contributed by atoms with Gasteiger partial charge in [0, 0.05) is 0 Å². The highest BCUT2D eigenvalue weighted by Gasteiger charge is 2.17. The van der Waals surface area contributed by atoms with Crippen LogP contribution < -0.4 is 0 Å². The molecule has 0 aliphatic heterocycles. The molecule has 0 amide bonds. The SMILES string of the molecule is CCCCCCCCCCCCCCCCCCCCCCCCCCCCC=CC(CC(=O)O)C(=O)O. The van der Waals surface area contributed by atoms with E-state index in [0.29, 0.717) is 0 Å². The predicted molar refractivity (Wildman–Crippen MR) is 163 cm³/mol. The van der Waals surface area contributed by atoms with Crippen molar-refractivity contribution < 1.29 is 19.8 Å². The normalized spacial score (nSPS) is 12.3. The Morgan fingerprint density at radius 2 is 0.789 bits per heavy atom. The van der Waals surface area contributed by atoms with Gasteiger partial charge < -0.3 is 10.2 Å². The highest BCUT2D eigenvalue weighted by molar-refractivity contribution is 5.79. The number of hydrogen-bond donors (Lipinski definition) is 2. The molecule has 1 unspecified atom stereocenters. The van der Waals surface area contributed by atoms with Crippen LogP contribution in [0.4, 0.5) is 0 Å². The van der Waals surface area contributed by atoms with Crippen LogP contribution in [0.1, 0.15) is 187 Å². The molecule has 0 spiro atoms. The van der Waals surface area contributed by atoms with Crippen molar-refractivity contribution in [1.82, 2.24) is 0 Å². The zero-order valence-electron chi connectivity index (χ0n) is 25.2. The third-order valence-corrected chi connectivity index (χ3v) is 7.80. The second kappa shape index (κ2) is 30.2. The zero-order chi connectivity index (χ0) is 27.9. The van der Waals surface area contributed by atoms with E-state index in [1.54, 1.807) is 0 Å². The van der Waals surface area contributed by atoms with Crippen molar-refractivity contribution >= 4 is 11.9 Å². The number of carboxylic acids is 2. The number of aliphatic carboxylic acids is 2. The fourth-order valence-corrected chi connectivity index (χ4v) is 5.26. The van der Waals surface area contributed by atoms with Gasteiger partial charge in [0.05, 0.1) is 12.3 Å². The van der Waals surface area contributed by atoms with Crippen molar-refractivity contribution in [2.24, 2.45) is 5.92 Å². The van der Waals surface area contributed by atoms with Gasteiger partial charge in [-0.3, -0.25) is 9.59 Å². The third kappa shape index (κ3) is 29.2. The molecule has 0 aromatic rings. The van der Waals surface area contributed by atoms with E-state index in [1.165, 1.54) is 167 Å². The van der Waals surface area contributed by atoms with Gasteiger partial charge >= 0.3 is 11.9 Å². The molecule has 4 heteroatoms. The summed E-state index contributed by atoms with van der Waals surface area (Å²) in [5.41, 5.74) is 0. The highest BCUT2D eigenvalue weighted by atomic mass is 16.4. The Kier molecular flexibility index (Phi) is 29.2. The summed E-state index contributed by atoms with van der Waals surface area (Å²) in [5, 5.41) is 17.7. The first-order valence-electron chi connectivity index (χ1n) is 16.7. The van der Waals surface area contributed by atoms with Crippen LogP contribution in [-0.2, 0) is 9.59 Å². The number of rotatable bonds is 31. The summed E-state index contributed by atoms with van der Waals surface area (Å²) < 4.78 is 0. The van der Waals surface area contributed by atoms with Gasteiger partial charge in [0.25, 0.3) is 0 Å². The van der Waals surface area contributed by atoms with Crippen LogP contribution in [0.3, 0.4) is 0 Å². The molecule has 2 N–H and O–H groups in total. The summed E-state index contributed by atoms with van der Waals surface area (Å²) in [5.74, 6) is -3.03. The highest BCUT2D eigenvalue weighted by Crippen LogP contribution is 2.16. The van der Waals surface area contributed by atoms with Gasteiger partial charge in [-0.05, 0) is 12.8 Å². The van der Waals surface area contributed by atoms with E-state index in [9.17, 15) is 9.59 Å². The maximum absolute atomic E-state index is 11.0. The predicted octanol–water partition coefficient (Wildman–Crippen LogP) is 11.3. The van der Waals surface area contributed by atoms with Crippen molar-refractivity contribution in [3.8, 4) is 0 Å². The van der Waals surface area contributed by atoms with Gasteiger partial charge in [-0.1, -0.05) is 180 Å². The molecule has 0 aliphatic rings. The minimum absolute atomic E-state index is 0.342. The van der Waals surface area contributed by atoms with Crippen LogP contribution in [0.15, 0.2) is 12.2 Å². The van der Waals surface area contributed by atoms with Gasteiger partial charge in [-0.25, -0.2) is 0 Å². The Bertz CT molecular complexity index is 543. The lowest BCUT2D eigenvalue weighted by atomic mass is 10.0. The maximum Gasteiger partial charge on any atom is 0.310 e. The van der Waals surface area contributed by atoms with Crippen LogP contribution in [0.2, 0.25) is 0 Å². The minimum Gasteiger partial charge on any atom is -0.481 e. The van der Waals surface area contributed by atoms with E-state index >= 15 is 0 Å². The summed E-state index contributed by atoms with van der Waals surface area (Å²) in [4.78, 5) is 21.7. The number of carboxylic acid groups (broad SMARTS) is 2. The molecule has 4 nitrogen and oxygen atoms in total. The molecule has 0 radical (unpaired) electrons. The number of carbonyl (C=O) groups is 2. The molecule has 0 saturated heterocycles. The summed E-state index contributed by atoms with van der Waals surface area (Å²) in [7, 11) is 0. The van der Waals surface area contributed by atoms with Crippen LogP contribution >= 0.6 is 0 Å². The van der Waals surface area contributed by atoms with Gasteiger partial charge in [-0.15, -0.1) is 0 Å². The second-order valence-corrected chi connectivity index (χ2v) is 11.6. The van der Waals surface area contributed by atoms with Crippen LogP contribution in [0, 0.1) is 5.92 Å². The van der Waals surface area contributed by atoms with E-state index in [2.05, 4.69) is 6.92 Å². The van der Waals surface area contributed by atoms with E-state index < -0.39 is 17.9 Å².